The maximum atomic E-state index is 9.68. The highest BCUT2D eigenvalue weighted by Crippen LogP contribution is 2.16. The van der Waals surface area contributed by atoms with Crippen molar-refractivity contribution in [2.75, 3.05) is 12.3 Å². The molecule has 86 valence electrons. The molecule has 2 atom stereocenters. The summed E-state index contributed by atoms with van der Waals surface area (Å²) in [6.45, 7) is 0.106. The fraction of sp³-hybridized carbons (Fsp3) is 0.500. The maximum absolute atomic E-state index is 9.68. The van der Waals surface area contributed by atoms with Gasteiger partial charge in [-0.3, -0.25) is 0 Å². The number of anilines is 1. The third kappa shape index (κ3) is 3.35. The first-order chi connectivity index (χ1) is 7.65. The maximum Gasteiger partial charge on any atom is 0.220 e. The molecule has 1 heterocycles. The van der Waals surface area contributed by atoms with E-state index in [-0.39, 0.29) is 24.6 Å². The Labute approximate surface area is 91.4 Å². The van der Waals surface area contributed by atoms with Gasteiger partial charge in [-0.25, -0.2) is 9.97 Å². The molecule has 0 aromatic carbocycles. The molecule has 0 radical (unpaired) electrons. The number of nitrogens with zero attached hydrogens (tertiary/aromatic N) is 5. The Morgan fingerprint density at radius 3 is 2.94 bits per heavy atom. The lowest BCUT2D eigenvalue weighted by atomic mass is 10.1. The second-order valence-corrected chi connectivity index (χ2v) is 3.10. The van der Waals surface area contributed by atoms with Crippen molar-refractivity contribution in [2.24, 2.45) is 5.11 Å². The zero-order chi connectivity index (χ0) is 12.0. The molecule has 0 saturated carbocycles. The van der Waals surface area contributed by atoms with Crippen molar-refractivity contribution in [1.82, 2.24) is 9.97 Å². The van der Waals surface area contributed by atoms with Crippen LogP contribution in [-0.4, -0.2) is 32.8 Å². The average molecular weight is 224 g/mol. The first-order valence-corrected chi connectivity index (χ1v) is 4.60. The molecule has 1 aromatic rings. The van der Waals surface area contributed by atoms with E-state index < -0.39 is 12.2 Å². The molecule has 0 bridgehead atoms. The molecule has 0 aliphatic rings. The van der Waals surface area contributed by atoms with E-state index >= 15 is 0 Å². The van der Waals surface area contributed by atoms with Crippen LogP contribution in [0.25, 0.3) is 10.4 Å². The molecular formula is C8H12N6O2. The van der Waals surface area contributed by atoms with Crippen LogP contribution < -0.4 is 5.73 Å². The highest BCUT2D eigenvalue weighted by atomic mass is 16.3. The molecular weight excluding hydrogens is 212 g/mol. The Hall–Kier alpha value is -1.89. The topological polar surface area (TPSA) is 141 Å². The zero-order valence-electron chi connectivity index (χ0n) is 8.43. The zero-order valence-corrected chi connectivity index (χ0v) is 8.43. The van der Waals surface area contributed by atoms with Gasteiger partial charge in [-0.1, -0.05) is 5.11 Å². The molecule has 4 N–H and O–H groups in total. The number of aromatic nitrogens is 2. The number of aliphatic hydroxyl groups is 2. The molecule has 1 aromatic heterocycles. The molecule has 0 amide bonds. The highest BCUT2D eigenvalue weighted by molar-refractivity contribution is 5.19. The van der Waals surface area contributed by atoms with Crippen LogP contribution in [0.5, 0.6) is 0 Å². The van der Waals surface area contributed by atoms with E-state index in [0.717, 1.165) is 0 Å². The van der Waals surface area contributed by atoms with Crippen LogP contribution in [0.15, 0.2) is 17.4 Å². The Kier molecular flexibility index (Phi) is 4.46. The lowest BCUT2D eigenvalue weighted by Crippen LogP contribution is -2.20. The molecule has 2 unspecified atom stereocenters. The van der Waals surface area contributed by atoms with Crippen molar-refractivity contribution in [3.05, 3.63) is 28.4 Å². The molecule has 16 heavy (non-hydrogen) atoms. The van der Waals surface area contributed by atoms with Crippen molar-refractivity contribution >= 4 is 5.95 Å². The number of rotatable bonds is 5. The molecule has 0 fully saturated rings. The summed E-state index contributed by atoms with van der Waals surface area (Å²) >= 11 is 0. The molecule has 8 heteroatoms. The van der Waals surface area contributed by atoms with Gasteiger partial charge in [0.25, 0.3) is 0 Å². The molecule has 0 aliphatic carbocycles. The van der Waals surface area contributed by atoms with Gasteiger partial charge in [-0.2, -0.15) is 0 Å². The SMILES string of the molecule is [N-]=[N+]=NCCC(O)C(O)c1ccnc(N)n1. The Morgan fingerprint density at radius 1 is 1.56 bits per heavy atom. The third-order valence-electron chi connectivity index (χ3n) is 1.95. The summed E-state index contributed by atoms with van der Waals surface area (Å²) in [5.74, 6) is 0.0267. The van der Waals surface area contributed by atoms with E-state index in [0.29, 0.717) is 0 Å². The number of aliphatic hydroxyl groups excluding tert-OH is 2. The Balaban J connectivity index is 2.62. The van der Waals surface area contributed by atoms with E-state index in [4.69, 9.17) is 11.3 Å². The van der Waals surface area contributed by atoms with Gasteiger partial charge in [0.05, 0.1) is 11.8 Å². The summed E-state index contributed by atoms with van der Waals surface area (Å²) in [6.07, 6.45) is -0.685. The van der Waals surface area contributed by atoms with Gasteiger partial charge < -0.3 is 15.9 Å². The van der Waals surface area contributed by atoms with Gasteiger partial charge in [-0.15, -0.1) is 0 Å². The second kappa shape index (κ2) is 5.86. The summed E-state index contributed by atoms with van der Waals surface area (Å²) in [4.78, 5) is 9.98. The summed E-state index contributed by atoms with van der Waals surface area (Å²) in [5.41, 5.74) is 13.6. The minimum absolute atomic E-state index is 0.0267. The van der Waals surface area contributed by atoms with Crippen molar-refractivity contribution in [3.8, 4) is 0 Å². The molecule has 1 rings (SSSR count). The predicted octanol–water partition coefficient (Wildman–Crippen LogP) is 0.153. The molecule has 0 aliphatic heterocycles. The van der Waals surface area contributed by atoms with Gasteiger partial charge in [0.15, 0.2) is 0 Å². The largest absolute Gasteiger partial charge is 0.390 e. The van der Waals surface area contributed by atoms with Gasteiger partial charge in [0, 0.05) is 17.7 Å². The Morgan fingerprint density at radius 2 is 2.31 bits per heavy atom. The van der Waals surface area contributed by atoms with Gasteiger partial charge in [0.1, 0.15) is 6.10 Å². The normalized spacial score (nSPS) is 13.9. The number of nitrogens with two attached hydrogens (primary N) is 1. The summed E-state index contributed by atoms with van der Waals surface area (Å²) in [6, 6.07) is 1.46. The van der Waals surface area contributed by atoms with Crippen LogP contribution in [0.3, 0.4) is 0 Å². The van der Waals surface area contributed by atoms with E-state index in [1.165, 1.54) is 12.3 Å². The monoisotopic (exact) mass is 224 g/mol. The summed E-state index contributed by atoms with van der Waals surface area (Å²) < 4.78 is 0. The minimum atomic E-state index is -1.17. The second-order valence-electron chi connectivity index (χ2n) is 3.10. The van der Waals surface area contributed by atoms with Crippen LogP contribution in [0.1, 0.15) is 18.2 Å². The van der Waals surface area contributed by atoms with E-state index in [2.05, 4.69) is 20.0 Å². The molecule has 0 spiro atoms. The quantitative estimate of drug-likeness (QED) is 0.371. The molecule has 0 saturated heterocycles. The fourth-order valence-corrected chi connectivity index (χ4v) is 1.14. The van der Waals surface area contributed by atoms with Crippen LogP contribution in [-0.2, 0) is 0 Å². The summed E-state index contributed by atoms with van der Waals surface area (Å²) in [5, 5.41) is 22.5. The van der Waals surface area contributed by atoms with Crippen LogP contribution in [0.2, 0.25) is 0 Å². The van der Waals surface area contributed by atoms with Crippen LogP contribution in [0, 0.1) is 0 Å². The third-order valence-corrected chi connectivity index (χ3v) is 1.95. The minimum Gasteiger partial charge on any atom is -0.390 e. The van der Waals surface area contributed by atoms with Gasteiger partial charge in [-0.05, 0) is 18.0 Å². The van der Waals surface area contributed by atoms with E-state index in [1.807, 2.05) is 0 Å². The van der Waals surface area contributed by atoms with Crippen molar-refractivity contribution < 1.29 is 10.2 Å². The lowest BCUT2D eigenvalue weighted by Gasteiger charge is -2.16. The lowest BCUT2D eigenvalue weighted by molar-refractivity contribution is 0.0125. The number of hydrogen-bond acceptors (Lipinski definition) is 6. The van der Waals surface area contributed by atoms with E-state index in [1.54, 1.807) is 0 Å². The van der Waals surface area contributed by atoms with Crippen LogP contribution >= 0.6 is 0 Å². The van der Waals surface area contributed by atoms with Crippen molar-refractivity contribution in [3.63, 3.8) is 0 Å². The first-order valence-electron chi connectivity index (χ1n) is 4.60. The smallest absolute Gasteiger partial charge is 0.220 e. The Bertz CT molecular complexity index is 392. The average Bonchev–Trinajstić information content (AvgIpc) is 2.28. The number of nitrogen functional groups attached to an aromatic ring is 1. The standard InChI is InChI=1S/C8H12N6O2/c9-8-11-3-1-5(13-8)7(16)6(15)2-4-12-14-10/h1,3,6-7,15-16H,2,4H2,(H2,9,11,13). The predicted molar refractivity (Wildman–Crippen MR) is 56.0 cm³/mol. The van der Waals surface area contributed by atoms with Crippen molar-refractivity contribution in [1.29, 1.82) is 0 Å². The fourth-order valence-electron chi connectivity index (χ4n) is 1.14. The number of azide groups is 1. The van der Waals surface area contributed by atoms with Gasteiger partial charge >= 0.3 is 0 Å². The van der Waals surface area contributed by atoms with Crippen molar-refractivity contribution in [2.45, 2.75) is 18.6 Å². The number of hydrogen-bond donors (Lipinski definition) is 3. The summed E-state index contributed by atoms with van der Waals surface area (Å²) in [7, 11) is 0. The highest BCUT2D eigenvalue weighted by Gasteiger charge is 2.19. The molecule has 8 nitrogen and oxygen atoms in total. The van der Waals surface area contributed by atoms with Gasteiger partial charge in [0.2, 0.25) is 5.95 Å². The first kappa shape index (κ1) is 12.2. The van der Waals surface area contributed by atoms with Crippen LogP contribution in [0.4, 0.5) is 5.95 Å². The van der Waals surface area contributed by atoms with E-state index in [9.17, 15) is 10.2 Å².